The van der Waals surface area contributed by atoms with Crippen molar-refractivity contribution >= 4 is 26.7 Å². The van der Waals surface area contributed by atoms with E-state index in [2.05, 4.69) is 21.2 Å². The summed E-state index contributed by atoms with van der Waals surface area (Å²) in [6, 6.07) is 15.6. The Labute approximate surface area is 135 Å². The molecule has 1 aliphatic heterocycles. The molecule has 3 atom stereocenters. The molecule has 0 bridgehead atoms. The van der Waals surface area contributed by atoms with Gasteiger partial charge in [-0.2, -0.15) is 0 Å². The van der Waals surface area contributed by atoms with E-state index in [0.29, 0.717) is 6.61 Å². The number of rotatable bonds is 3. The van der Waals surface area contributed by atoms with Gasteiger partial charge in [0.1, 0.15) is 12.4 Å². The van der Waals surface area contributed by atoms with Gasteiger partial charge in [0, 0.05) is 14.9 Å². The second kappa shape index (κ2) is 6.30. The Morgan fingerprint density at radius 1 is 1.19 bits per heavy atom. The summed E-state index contributed by atoms with van der Waals surface area (Å²) in [5, 5.41) is 3.18. The van der Waals surface area contributed by atoms with Crippen LogP contribution in [-0.2, 0) is 10.8 Å². The van der Waals surface area contributed by atoms with E-state index in [1.807, 2.05) is 55.6 Å². The maximum absolute atomic E-state index is 12.9. The molecule has 0 aliphatic carbocycles. The Balaban J connectivity index is 1.92. The molecule has 0 fully saturated rings. The Kier molecular flexibility index (Phi) is 4.42. The lowest BCUT2D eigenvalue weighted by molar-refractivity contribution is 0.262. The quantitative estimate of drug-likeness (QED) is 0.906. The first-order valence-electron chi connectivity index (χ1n) is 6.76. The fraction of sp³-hybridized carbons (Fsp3) is 0.250. The maximum Gasteiger partial charge on any atom is 0.124 e. The van der Waals surface area contributed by atoms with Gasteiger partial charge in [0.15, 0.2) is 0 Å². The molecule has 1 N–H and O–H groups in total. The summed E-state index contributed by atoms with van der Waals surface area (Å²) in [4.78, 5) is 0.825. The third-order valence-corrected chi connectivity index (χ3v) is 5.88. The molecule has 0 amide bonds. The molecule has 0 saturated carbocycles. The average molecular weight is 366 g/mol. The fourth-order valence-electron chi connectivity index (χ4n) is 2.61. The predicted molar refractivity (Wildman–Crippen MR) is 88.1 cm³/mol. The monoisotopic (exact) mass is 365 g/mol. The molecule has 3 rings (SSSR count). The van der Waals surface area contributed by atoms with Gasteiger partial charge in [0.2, 0.25) is 0 Å². The zero-order valence-electron chi connectivity index (χ0n) is 11.6. The van der Waals surface area contributed by atoms with Crippen LogP contribution in [0.1, 0.15) is 11.6 Å². The van der Waals surface area contributed by atoms with Crippen molar-refractivity contribution in [2.75, 3.05) is 13.7 Å². The van der Waals surface area contributed by atoms with Crippen LogP contribution >= 0.6 is 15.9 Å². The first-order chi connectivity index (χ1) is 10.2. The number of hydrogen-bond donors (Lipinski definition) is 1. The smallest absolute Gasteiger partial charge is 0.124 e. The Bertz CT molecular complexity index is 660. The molecule has 21 heavy (non-hydrogen) atoms. The van der Waals surface area contributed by atoms with Gasteiger partial charge in [-0.05, 0) is 37.4 Å². The van der Waals surface area contributed by atoms with Crippen molar-refractivity contribution in [2.45, 2.75) is 16.2 Å². The third kappa shape index (κ3) is 2.91. The van der Waals surface area contributed by atoms with Crippen LogP contribution in [0.15, 0.2) is 57.9 Å². The predicted octanol–water partition coefficient (Wildman–Crippen LogP) is 3.28. The van der Waals surface area contributed by atoms with E-state index in [-0.39, 0.29) is 11.3 Å². The van der Waals surface area contributed by atoms with Gasteiger partial charge < -0.3 is 10.1 Å². The average Bonchev–Trinajstić information content (AvgIpc) is 2.53. The van der Waals surface area contributed by atoms with Gasteiger partial charge in [0.25, 0.3) is 0 Å². The molecule has 1 heterocycles. The van der Waals surface area contributed by atoms with Gasteiger partial charge in [0.05, 0.1) is 22.1 Å². The first kappa shape index (κ1) is 14.8. The van der Waals surface area contributed by atoms with Crippen molar-refractivity contribution in [1.82, 2.24) is 5.32 Å². The summed E-state index contributed by atoms with van der Waals surface area (Å²) in [6.45, 7) is 0.450. The molecule has 5 heteroatoms. The normalized spacial score (nSPS) is 22.2. The Hall–Kier alpha value is -1.17. The van der Waals surface area contributed by atoms with Crippen molar-refractivity contribution in [3.63, 3.8) is 0 Å². The number of hydrogen-bond acceptors (Lipinski definition) is 3. The van der Waals surface area contributed by atoms with Gasteiger partial charge in [-0.1, -0.05) is 34.1 Å². The highest BCUT2D eigenvalue weighted by Gasteiger charge is 2.34. The molecule has 1 aliphatic rings. The van der Waals surface area contributed by atoms with Crippen molar-refractivity contribution in [3.8, 4) is 5.75 Å². The number of fused-ring (bicyclic) bond motifs is 1. The molecular weight excluding hydrogens is 350 g/mol. The summed E-state index contributed by atoms with van der Waals surface area (Å²) in [6.07, 6.45) is 0. The number of ether oxygens (including phenoxy) is 1. The van der Waals surface area contributed by atoms with Gasteiger partial charge in [-0.3, -0.25) is 4.21 Å². The van der Waals surface area contributed by atoms with Crippen LogP contribution in [0, 0.1) is 0 Å². The molecule has 0 radical (unpaired) electrons. The summed E-state index contributed by atoms with van der Waals surface area (Å²) >= 11 is 3.40. The molecule has 2 aromatic rings. The van der Waals surface area contributed by atoms with Crippen LogP contribution in [0.2, 0.25) is 0 Å². The number of halogens is 1. The standard InChI is InChI=1S/C16H16BrNO2S/c1-18-16-13-4-2-3-5-14(13)20-10-15(16)21(19)12-8-6-11(17)7-9-12/h2-9,15-16,18H,10H2,1H3. The highest BCUT2D eigenvalue weighted by atomic mass is 79.9. The summed E-state index contributed by atoms with van der Waals surface area (Å²) in [5.74, 6) is 0.876. The van der Waals surface area contributed by atoms with E-state index < -0.39 is 10.8 Å². The van der Waals surface area contributed by atoms with Crippen molar-refractivity contribution < 1.29 is 8.95 Å². The Morgan fingerprint density at radius 3 is 2.62 bits per heavy atom. The van der Waals surface area contributed by atoms with Crippen molar-refractivity contribution in [1.29, 1.82) is 0 Å². The minimum Gasteiger partial charge on any atom is -0.492 e. The van der Waals surface area contributed by atoms with Crippen LogP contribution in [0.5, 0.6) is 5.75 Å². The number of benzene rings is 2. The minimum absolute atomic E-state index is 0.0273. The molecule has 0 aromatic heterocycles. The molecule has 3 unspecified atom stereocenters. The molecule has 3 nitrogen and oxygen atoms in total. The van der Waals surface area contributed by atoms with Crippen LogP contribution in [-0.4, -0.2) is 23.1 Å². The summed E-state index contributed by atoms with van der Waals surface area (Å²) in [7, 11) is 0.778. The molecule has 2 aromatic carbocycles. The number of para-hydroxylation sites is 1. The largest absolute Gasteiger partial charge is 0.492 e. The topological polar surface area (TPSA) is 38.3 Å². The second-order valence-electron chi connectivity index (χ2n) is 4.90. The summed E-state index contributed by atoms with van der Waals surface area (Å²) in [5.41, 5.74) is 1.07. The first-order valence-corrected chi connectivity index (χ1v) is 8.76. The third-order valence-electron chi connectivity index (χ3n) is 3.66. The minimum atomic E-state index is -1.12. The molecule has 0 spiro atoms. The lowest BCUT2D eigenvalue weighted by Gasteiger charge is -2.32. The fourth-order valence-corrected chi connectivity index (χ4v) is 4.35. The van der Waals surface area contributed by atoms with Gasteiger partial charge >= 0.3 is 0 Å². The zero-order valence-corrected chi connectivity index (χ0v) is 14.0. The molecule has 0 saturated heterocycles. The lowest BCUT2D eigenvalue weighted by atomic mass is 10.0. The zero-order chi connectivity index (χ0) is 14.8. The van der Waals surface area contributed by atoms with Crippen molar-refractivity contribution in [3.05, 3.63) is 58.6 Å². The number of nitrogens with one attached hydrogen (secondary N) is 1. The Morgan fingerprint density at radius 2 is 1.90 bits per heavy atom. The van der Waals surface area contributed by atoms with Gasteiger partial charge in [-0.25, -0.2) is 0 Å². The lowest BCUT2D eigenvalue weighted by Crippen LogP contribution is -2.40. The van der Waals surface area contributed by atoms with E-state index in [1.165, 1.54) is 0 Å². The van der Waals surface area contributed by atoms with Crippen LogP contribution < -0.4 is 10.1 Å². The highest BCUT2D eigenvalue weighted by Crippen LogP contribution is 2.35. The molecule has 110 valence electrons. The maximum atomic E-state index is 12.9. The van der Waals surface area contributed by atoms with E-state index in [9.17, 15) is 4.21 Å². The van der Waals surface area contributed by atoms with Gasteiger partial charge in [-0.15, -0.1) is 0 Å². The highest BCUT2D eigenvalue weighted by molar-refractivity contribution is 9.10. The van der Waals surface area contributed by atoms with Crippen LogP contribution in [0.3, 0.4) is 0 Å². The molecular formula is C16H16BrNO2S. The van der Waals surface area contributed by atoms with E-state index >= 15 is 0 Å². The van der Waals surface area contributed by atoms with E-state index in [4.69, 9.17) is 4.74 Å². The summed E-state index contributed by atoms with van der Waals surface area (Å²) < 4.78 is 19.6. The van der Waals surface area contributed by atoms with Crippen molar-refractivity contribution in [2.24, 2.45) is 0 Å². The van der Waals surface area contributed by atoms with Crippen LogP contribution in [0.4, 0.5) is 0 Å². The van der Waals surface area contributed by atoms with E-state index in [1.54, 1.807) is 0 Å². The van der Waals surface area contributed by atoms with Crippen LogP contribution in [0.25, 0.3) is 0 Å². The second-order valence-corrected chi connectivity index (χ2v) is 7.49. The SMILES string of the molecule is CNC1c2ccccc2OCC1S(=O)c1ccc(Br)cc1. The van der Waals surface area contributed by atoms with E-state index in [0.717, 1.165) is 20.7 Å².